The molecule has 0 unspecified atom stereocenters. The normalized spacial score (nSPS) is 25.5. The van der Waals surface area contributed by atoms with Crippen molar-refractivity contribution in [3.8, 4) is 0 Å². The van der Waals surface area contributed by atoms with Gasteiger partial charge in [-0.15, -0.1) is 0 Å². The second kappa shape index (κ2) is 4.47. The molecular formula is C10H17NO4. The summed E-state index contributed by atoms with van der Waals surface area (Å²) >= 11 is 0. The first-order valence-corrected chi connectivity index (χ1v) is 5.33. The van der Waals surface area contributed by atoms with Gasteiger partial charge in [-0.05, 0) is 6.92 Å². The van der Waals surface area contributed by atoms with Crippen LogP contribution < -0.4 is 0 Å². The van der Waals surface area contributed by atoms with Gasteiger partial charge in [0.25, 0.3) is 0 Å². The van der Waals surface area contributed by atoms with Gasteiger partial charge in [-0.2, -0.15) is 0 Å². The highest BCUT2D eigenvalue weighted by molar-refractivity contribution is 5.77. The Labute approximate surface area is 89.3 Å². The summed E-state index contributed by atoms with van der Waals surface area (Å²) in [5.74, 6) is -0.627. The van der Waals surface area contributed by atoms with Gasteiger partial charge >= 0.3 is 0 Å². The molecule has 0 radical (unpaired) electrons. The lowest BCUT2D eigenvalue weighted by Crippen LogP contribution is -2.44. The number of rotatable bonds is 2. The monoisotopic (exact) mass is 215 g/mol. The molecule has 5 nitrogen and oxygen atoms in total. The predicted octanol–water partition coefficient (Wildman–Crippen LogP) is -0.00170. The van der Waals surface area contributed by atoms with Gasteiger partial charge in [-0.1, -0.05) is 0 Å². The van der Waals surface area contributed by atoms with Crippen LogP contribution in [0.5, 0.6) is 0 Å². The van der Waals surface area contributed by atoms with Gasteiger partial charge in [-0.3, -0.25) is 4.79 Å². The van der Waals surface area contributed by atoms with Gasteiger partial charge in [0.2, 0.25) is 5.91 Å². The molecule has 2 aliphatic rings. The molecule has 0 aromatic rings. The molecule has 0 atom stereocenters. The number of morpholine rings is 1. The summed E-state index contributed by atoms with van der Waals surface area (Å²) in [7, 11) is 0. The molecule has 0 N–H and O–H groups in total. The minimum absolute atomic E-state index is 0.0858. The number of carbonyl (C=O) groups is 1. The SMILES string of the molecule is CC1(CC(=O)N2CCOCC2)OCCO1. The highest BCUT2D eigenvalue weighted by Gasteiger charge is 2.35. The molecule has 15 heavy (non-hydrogen) atoms. The maximum absolute atomic E-state index is 11.9. The largest absolute Gasteiger partial charge is 0.378 e. The zero-order valence-corrected chi connectivity index (χ0v) is 9.03. The zero-order valence-electron chi connectivity index (χ0n) is 9.03. The fraction of sp³-hybridized carbons (Fsp3) is 0.900. The highest BCUT2D eigenvalue weighted by Crippen LogP contribution is 2.23. The fourth-order valence-electron chi connectivity index (χ4n) is 1.86. The zero-order chi connectivity index (χ0) is 10.7. The second-order valence-electron chi connectivity index (χ2n) is 4.00. The van der Waals surface area contributed by atoms with Crippen molar-refractivity contribution in [2.75, 3.05) is 39.5 Å². The Bertz CT molecular complexity index is 232. The summed E-state index contributed by atoms with van der Waals surface area (Å²) in [6.07, 6.45) is 0.299. The van der Waals surface area contributed by atoms with E-state index in [1.165, 1.54) is 0 Å². The number of hydrogen-bond donors (Lipinski definition) is 0. The molecule has 2 heterocycles. The molecule has 0 aromatic heterocycles. The van der Waals surface area contributed by atoms with E-state index >= 15 is 0 Å². The lowest BCUT2D eigenvalue weighted by atomic mass is 10.2. The summed E-state index contributed by atoms with van der Waals surface area (Å²) in [5, 5.41) is 0. The third-order valence-corrected chi connectivity index (χ3v) is 2.73. The second-order valence-corrected chi connectivity index (χ2v) is 4.00. The van der Waals surface area contributed by atoms with E-state index in [4.69, 9.17) is 14.2 Å². The lowest BCUT2D eigenvalue weighted by molar-refractivity contribution is -0.168. The quantitative estimate of drug-likeness (QED) is 0.650. The summed E-state index contributed by atoms with van der Waals surface area (Å²) in [6.45, 7) is 5.58. The van der Waals surface area contributed by atoms with Crippen molar-refractivity contribution in [2.45, 2.75) is 19.1 Å². The van der Waals surface area contributed by atoms with Gasteiger partial charge in [0.15, 0.2) is 5.79 Å². The Hall–Kier alpha value is -0.650. The molecule has 86 valence electrons. The van der Waals surface area contributed by atoms with Crippen LogP contribution in [-0.4, -0.2) is 56.1 Å². The molecule has 2 aliphatic heterocycles. The average molecular weight is 215 g/mol. The van der Waals surface area contributed by atoms with Crippen molar-refractivity contribution in [2.24, 2.45) is 0 Å². The fourth-order valence-corrected chi connectivity index (χ4v) is 1.86. The van der Waals surface area contributed by atoms with Crippen LogP contribution in [-0.2, 0) is 19.0 Å². The van der Waals surface area contributed by atoms with E-state index in [0.717, 1.165) is 0 Å². The highest BCUT2D eigenvalue weighted by atomic mass is 16.7. The maximum atomic E-state index is 11.9. The maximum Gasteiger partial charge on any atom is 0.228 e. The summed E-state index contributed by atoms with van der Waals surface area (Å²) < 4.78 is 16.0. The Kier molecular flexibility index (Phi) is 3.23. The van der Waals surface area contributed by atoms with Crippen LogP contribution in [0.2, 0.25) is 0 Å². The lowest BCUT2D eigenvalue weighted by Gasteiger charge is -2.30. The van der Waals surface area contributed by atoms with E-state index < -0.39 is 5.79 Å². The molecule has 5 heteroatoms. The third-order valence-electron chi connectivity index (χ3n) is 2.73. The number of nitrogens with zero attached hydrogens (tertiary/aromatic N) is 1. The van der Waals surface area contributed by atoms with Crippen LogP contribution >= 0.6 is 0 Å². The smallest absolute Gasteiger partial charge is 0.228 e. The molecule has 0 saturated carbocycles. The first-order valence-electron chi connectivity index (χ1n) is 5.33. The van der Waals surface area contributed by atoms with Crippen LogP contribution in [0.4, 0.5) is 0 Å². The van der Waals surface area contributed by atoms with Gasteiger partial charge in [0, 0.05) is 13.1 Å². The summed E-state index contributed by atoms with van der Waals surface area (Å²) in [5.41, 5.74) is 0. The Morgan fingerprint density at radius 1 is 1.20 bits per heavy atom. The molecule has 0 bridgehead atoms. The van der Waals surface area contributed by atoms with Crippen molar-refractivity contribution in [3.63, 3.8) is 0 Å². The van der Waals surface area contributed by atoms with Crippen LogP contribution in [0, 0.1) is 0 Å². The van der Waals surface area contributed by atoms with E-state index in [0.29, 0.717) is 45.9 Å². The Balaban J connectivity index is 1.85. The van der Waals surface area contributed by atoms with E-state index in [2.05, 4.69) is 0 Å². The van der Waals surface area contributed by atoms with Gasteiger partial charge in [0.05, 0.1) is 32.8 Å². The van der Waals surface area contributed by atoms with Crippen molar-refractivity contribution in [3.05, 3.63) is 0 Å². The summed E-state index contributed by atoms with van der Waals surface area (Å²) in [4.78, 5) is 13.7. The van der Waals surface area contributed by atoms with E-state index in [1.807, 2.05) is 6.92 Å². The van der Waals surface area contributed by atoms with Gasteiger partial charge in [0.1, 0.15) is 0 Å². The minimum atomic E-state index is -0.713. The molecule has 2 fully saturated rings. The number of ether oxygens (including phenoxy) is 3. The van der Waals surface area contributed by atoms with E-state index in [9.17, 15) is 4.79 Å². The van der Waals surface area contributed by atoms with Crippen LogP contribution in [0.3, 0.4) is 0 Å². The molecule has 2 rings (SSSR count). The third kappa shape index (κ3) is 2.68. The van der Waals surface area contributed by atoms with E-state index in [-0.39, 0.29) is 5.91 Å². The molecule has 1 amide bonds. The van der Waals surface area contributed by atoms with Crippen molar-refractivity contribution in [1.29, 1.82) is 0 Å². The van der Waals surface area contributed by atoms with Crippen LogP contribution in [0.1, 0.15) is 13.3 Å². The first-order chi connectivity index (χ1) is 7.20. The number of hydrogen-bond acceptors (Lipinski definition) is 4. The average Bonchev–Trinajstić information content (AvgIpc) is 2.66. The molecule has 0 aromatic carbocycles. The molecule has 0 aliphatic carbocycles. The van der Waals surface area contributed by atoms with Gasteiger partial charge in [-0.25, -0.2) is 0 Å². The minimum Gasteiger partial charge on any atom is -0.378 e. The molecular weight excluding hydrogens is 198 g/mol. The topological polar surface area (TPSA) is 48.0 Å². The number of amides is 1. The Morgan fingerprint density at radius 2 is 1.80 bits per heavy atom. The van der Waals surface area contributed by atoms with Crippen LogP contribution in [0.25, 0.3) is 0 Å². The molecule has 2 saturated heterocycles. The molecule has 0 spiro atoms. The number of carbonyl (C=O) groups excluding carboxylic acids is 1. The standard InChI is InChI=1S/C10H17NO4/c1-10(14-6-7-15-10)8-9(12)11-2-4-13-5-3-11/h2-8H2,1H3. The first kappa shape index (κ1) is 10.9. The summed E-state index contributed by atoms with van der Waals surface area (Å²) in [6, 6.07) is 0. The van der Waals surface area contributed by atoms with Crippen molar-refractivity contribution in [1.82, 2.24) is 4.90 Å². The predicted molar refractivity (Wildman–Crippen MR) is 52.3 cm³/mol. The van der Waals surface area contributed by atoms with Crippen molar-refractivity contribution < 1.29 is 19.0 Å². The van der Waals surface area contributed by atoms with Crippen LogP contribution in [0.15, 0.2) is 0 Å². The van der Waals surface area contributed by atoms with Gasteiger partial charge < -0.3 is 19.1 Å². The Morgan fingerprint density at radius 3 is 2.40 bits per heavy atom. The van der Waals surface area contributed by atoms with E-state index in [1.54, 1.807) is 4.90 Å². The van der Waals surface area contributed by atoms with Crippen molar-refractivity contribution >= 4 is 5.91 Å².